The highest BCUT2D eigenvalue weighted by atomic mass is 35.5. The first-order valence-electron chi connectivity index (χ1n) is 6.20. The van der Waals surface area contributed by atoms with Gasteiger partial charge in [0.2, 0.25) is 6.79 Å². The predicted molar refractivity (Wildman–Crippen MR) is 77.5 cm³/mol. The first kappa shape index (κ1) is 12.9. The molecule has 20 heavy (non-hydrogen) atoms. The van der Waals surface area contributed by atoms with Crippen molar-refractivity contribution in [3.63, 3.8) is 0 Å². The maximum Gasteiger partial charge on any atom is 0.231 e. The minimum atomic E-state index is 0.205. The van der Waals surface area contributed by atoms with Crippen molar-refractivity contribution in [2.45, 2.75) is 13.5 Å². The van der Waals surface area contributed by atoms with Gasteiger partial charge in [-0.1, -0.05) is 11.6 Å². The van der Waals surface area contributed by atoms with E-state index in [-0.39, 0.29) is 6.79 Å². The highest BCUT2D eigenvalue weighted by Gasteiger charge is 2.18. The molecule has 104 valence electrons. The number of anilines is 1. The van der Waals surface area contributed by atoms with Crippen LogP contribution in [0.15, 0.2) is 30.3 Å². The average molecular weight is 292 g/mol. The first-order valence-corrected chi connectivity index (χ1v) is 6.58. The van der Waals surface area contributed by atoms with Crippen LogP contribution in [0.3, 0.4) is 0 Å². The van der Waals surface area contributed by atoms with E-state index in [1.165, 1.54) is 0 Å². The lowest BCUT2D eigenvalue weighted by Gasteiger charge is -2.10. The number of aryl methyl sites for hydroxylation is 1. The molecule has 1 aliphatic rings. The number of rotatable bonds is 3. The number of benzene rings is 2. The van der Waals surface area contributed by atoms with Gasteiger partial charge in [-0.2, -0.15) is 0 Å². The normalized spacial score (nSPS) is 12.5. The summed E-state index contributed by atoms with van der Waals surface area (Å²) in [4.78, 5) is 0. The molecule has 0 saturated carbocycles. The van der Waals surface area contributed by atoms with Gasteiger partial charge >= 0.3 is 0 Å². The zero-order valence-corrected chi connectivity index (χ0v) is 11.7. The summed E-state index contributed by atoms with van der Waals surface area (Å²) >= 11 is 6.13. The quantitative estimate of drug-likeness (QED) is 0.879. The Morgan fingerprint density at radius 3 is 2.90 bits per heavy atom. The van der Waals surface area contributed by atoms with Crippen molar-refractivity contribution in [2.75, 3.05) is 12.5 Å². The number of halogens is 1. The zero-order valence-electron chi connectivity index (χ0n) is 11.0. The van der Waals surface area contributed by atoms with E-state index in [0.29, 0.717) is 23.1 Å². The molecule has 3 rings (SSSR count). The van der Waals surface area contributed by atoms with Crippen LogP contribution in [-0.4, -0.2) is 6.79 Å². The van der Waals surface area contributed by atoms with Crippen LogP contribution in [0, 0.1) is 6.92 Å². The fourth-order valence-electron chi connectivity index (χ4n) is 2.10. The number of hydrogen-bond acceptors (Lipinski definition) is 4. The third-order valence-electron chi connectivity index (χ3n) is 3.08. The smallest absolute Gasteiger partial charge is 0.231 e. The molecule has 0 fully saturated rings. The summed E-state index contributed by atoms with van der Waals surface area (Å²) in [6.45, 7) is 2.57. The molecule has 0 bridgehead atoms. The summed E-state index contributed by atoms with van der Waals surface area (Å²) in [7, 11) is 0. The molecule has 0 unspecified atom stereocenters. The van der Waals surface area contributed by atoms with Gasteiger partial charge in [-0.05, 0) is 48.4 Å². The Kier molecular flexibility index (Phi) is 3.32. The molecule has 0 aliphatic carbocycles. The van der Waals surface area contributed by atoms with Crippen LogP contribution in [0.1, 0.15) is 11.1 Å². The number of nitrogens with two attached hydrogens (primary N) is 1. The molecule has 0 radical (unpaired) electrons. The topological polar surface area (TPSA) is 53.7 Å². The lowest BCUT2D eigenvalue weighted by Crippen LogP contribution is -1.98. The second kappa shape index (κ2) is 5.13. The number of hydrogen-bond donors (Lipinski definition) is 1. The molecule has 0 saturated heterocycles. The summed E-state index contributed by atoms with van der Waals surface area (Å²) in [5.74, 6) is 2.05. The lowest BCUT2D eigenvalue weighted by atomic mass is 10.2. The van der Waals surface area contributed by atoms with E-state index >= 15 is 0 Å². The second-order valence-electron chi connectivity index (χ2n) is 4.63. The molecule has 0 spiro atoms. The molecule has 1 aliphatic heterocycles. The van der Waals surface area contributed by atoms with Crippen LogP contribution in [0.5, 0.6) is 17.2 Å². The van der Waals surface area contributed by atoms with Gasteiger partial charge in [0.05, 0.1) is 5.02 Å². The van der Waals surface area contributed by atoms with Gasteiger partial charge in [0, 0.05) is 5.69 Å². The fourth-order valence-corrected chi connectivity index (χ4v) is 2.39. The van der Waals surface area contributed by atoms with Gasteiger partial charge in [-0.25, -0.2) is 0 Å². The van der Waals surface area contributed by atoms with E-state index in [9.17, 15) is 0 Å². The Morgan fingerprint density at radius 1 is 1.25 bits per heavy atom. The molecule has 0 aromatic heterocycles. The fraction of sp³-hybridized carbons (Fsp3) is 0.200. The third kappa shape index (κ3) is 2.47. The number of ether oxygens (including phenoxy) is 3. The third-order valence-corrected chi connectivity index (χ3v) is 3.36. The van der Waals surface area contributed by atoms with Crippen molar-refractivity contribution in [2.24, 2.45) is 0 Å². The van der Waals surface area contributed by atoms with E-state index in [1.54, 1.807) is 0 Å². The lowest BCUT2D eigenvalue weighted by molar-refractivity contribution is 0.174. The maximum atomic E-state index is 6.13. The van der Waals surface area contributed by atoms with Gasteiger partial charge in [0.15, 0.2) is 11.5 Å². The summed E-state index contributed by atoms with van der Waals surface area (Å²) in [5, 5.41) is 0.535. The summed E-state index contributed by atoms with van der Waals surface area (Å²) < 4.78 is 16.4. The molecule has 5 heteroatoms. The number of fused-ring (bicyclic) bond motifs is 1. The van der Waals surface area contributed by atoms with Crippen molar-refractivity contribution in [3.8, 4) is 17.2 Å². The molecule has 2 aromatic carbocycles. The largest absolute Gasteiger partial charge is 0.489 e. The molecule has 4 nitrogen and oxygen atoms in total. The van der Waals surface area contributed by atoms with Crippen molar-refractivity contribution < 1.29 is 14.2 Å². The van der Waals surface area contributed by atoms with E-state index in [1.807, 2.05) is 37.3 Å². The zero-order chi connectivity index (χ0) is 14.1. The monoisotopic (exact) mass is 291 g/mol. The molecule has 0 amide bonds. The molecule has 0 atom stereocenters. The van der Waals surface area contributed by atoms with E-state index in [2.05, 4.69) is 0 Å². The molecular formula is C15H14ClNO3. The standard InChI is InChI=1S/C15H14ClNO3/c1-9-4-11(17)2-3-13(9)18-7-10-5-12(16)15-14(6-10)19-8-20-15/h2-6H,7-8,17H2,1H3. The van der Waals surface area contributed by atoms with Crippen molar-refractivity contribution >= 4 is 17.3 Å². The van der Waals surface area contributed by atoms with Crippen LogP contribution in [0.25, 0.3) is 0 Å². The van der Waals surface area contributed by atoms with Crippen molar-refractivity contribution in [1.82, 2.24) is 0 Å². The van der Waals surface area contributed by atoms with Crippen LogP contribution in [0.2, 0.25) is 5.02 Å². The molecule has 1 heterocycles. The van der Waals surface area contributed by atoms with Gasteiger partial charge in [0.1, 0.15) is 12.4 Å². The van der Waals surface area contributed by atoms with Gasteiger partial charge in [0.25, 0.3) is 0 Å². The Labute approximate surface area is 122 Å². The highest BCUT2D eigenvalue weighted by molar-refractivity contribution is 6.32. The van der Waals surface area contributed by atoms with Crippen LogP contribution >= 0.6 is 11.6 Å². The summed E-state index contributed by atoms with van der Waals surface area (Å²) in [6, 6.07) is 9.25. The van der Waals surface area contributed by atoms with Crippen molar-refractivity contribution in [1.29, 1.82) is 0 Å². The minimum Gasteiger partial charge on any atom is -0.489 e. The van der Waals surface area contributed by atoms with Crippen molar-refractivity contribution in [3.05, 3.63) is 46.5 Å². The number of nitrogen functional groups attached to an aromatic ring is 1. The van der Waals surface area contributed by atoms with E-state index < -0.39 is 0 Å². The van der Waals surface area contributed by atoms with Gasteiger partial charge < -0.3 is 19.9 Å². The van der Waals surface area contributed by atoms with Crippen LogP contribution in [0.4, 0.5) is 5.69 Å². The van der Waals surface area contributed by atoms with E-state index in [4.69, 9.17) is 31.5 Å². The SMILES string of the molecule is Cc1cc(N)ccc1OCc1cc(Cl)c2c(c1)OCO2. The van der Waals surface area contributed by atoms with Gasteiger partial charge in [-0.3, -0.25) is 0 Å². The van der Waals surface area contributed by atoms with Gasteiger partial charge in [-0.15, -0.1) is 0 Å². The van der Waals surface area contributed by atoms with Crippen LogP contribution in [-0.2, 0) is 6.61 Å². The summed E-state index contributed by atoms with van der Waals surface area (Å²) in [6.07, 6.45) is 0. The first-order chi connectivity index (χ1) is 9.63. The Hall–Kier alpha value is -2.07. The Bertz CT molecular complexity index is 658. The second-order valence-corrected chi connectivity index (χ2v) is 5.03. The Morgan fingerprint density at radius 2 is 2.10 bits per heavy atom. The molecule has 2 N–H and O–H groups in total. The highest BCUT2D eigenvalue weighted by Crippen LogP contribution is 2.40. The Balaban J connectivity index is 1.77. The molecule has 2 aromatic rings. The van der Waals surface area contributed by atoms with Crippen LogP contribution < -0.4 is 19.9 Å². The maximum absolute atomic E-state index is 6.13. The van der Waals surface area contributed by atoms with E-state index in [0.717, 1.165) is 22.6 Å². The minimum absolute atomic E-state index is 0.205. The summed E-state index contributed by atoms with van der Waals surface area (Å²) in [5.41, 5.74) is 8.36. The molecular weight excluding hydrogens is 278 g/mol. The average Bonchev–Trinajstić information content (AvgIpc) is 2.86. The predicted octanol–water partition coefficient (Wildman–Crippen LogP) is 3.54.